The quantitative estimate of drug-likeness (QED) is 0.911. The minimum absolute atomic E-state index is 0.428. The number of nitrogens with two attached hydrogens (primary N) is 1. The molecule has 0 saturated carbocycles. The number of ether oxygens (including phenoxy) is 1. The molecule has 0 aromatic heterocycles. The summed E-state index contributed by atoms with van der Waals surface area (Å²) in [5.41, 5.74) is 10.8. The molecule has 2 aromatic rings. The van der Waals surface area contributed by atoms with Crippen LogP contribution in [-0.4, -0.2) is 12.5 Å². The molecule has 0 atom stereocenters. The lowest BCUT2D eigenvalue weighted by Crippen LogP contribution is -2.13. The van der Waals surface area contributed by atoms with Gasteiger partial charge in [-0.15, -0.1) is 0 Å². The number of hydrogen-bond donors (Lipinski definition) is 2. The average Bonchev–Trinajstić information content (AvgIpc) is 2.53. The van der Waals surface area contributed by atoms with Gasteiger partial charge < -0.3 is 15.8 Å². The van der Waals surface area contributed by atoms with Crippen molar-refractivity contribution >= 4 is 11.6 Å². The van der Waals surface area contributed by atoms with Gasteiger partial charge >= 0.3 is 0 Å². The van der Waals surface area contributed by atoms with Crippen LogP contribution in [0.25, 0.3) is 0 Å². The molecular formula is C18H20N2O2. The van der Waals surface area contributed by atoms with E-state index in [-0.39, 0.29) is 0 Å². The summed E-state index contributed by atoms with van der Waals surface area (Å²) < 4.78 is 5.79. The molecule has 3 N–H and O–H groups in total. The Balaban J connectivity index is 1.71. The van der Waals surface area contributed by atoms with Crippen LogP contribution in [0.1, 0.15) is 33.5 Å². The smallest absolute Gasteiger partial charge is 0.248 e. The molecule has 1 heterocycles. The van der Waals surface area contributed by atoms with E-state index in [1.165, 1.54) is 23.2 Å². The van der Waals surface area contributed by atoms with E-state index in [2.05, 4.69) is 24.4 Å². The summed E-state index contributed by atoms with van der Waals surface area (Å²) in [6.07, 6.45) is 2.33. The summed E-state index contributed by atoms with van der Waals surface area (Å²) in [6, 6.07) is 11.2. The number of carbonyl (C=O) groups excluding carboxylic acids is 1. The van der Waals surface area contributed by atoms with Crippen molar-refractivity contribution < 1.29 is 9.53 Å². The molecule has 0 fully saturated rings. The number of nitrogens with one attached hydrogen (secondary N) is 1. The van der Waals surface area contributed by atoms with Gasteiger partial charge in [-0.05, 0) is 66.8 Å². The molecule has 0 radical (unpaired) electrons. The Bertz CT molecular complexity index is 693. The summed E-state index contributed by atoms with van der Waals surface area (Å²) >= 11 is 0. The van der Waals surface area contributed by atoms with Gasteiger partial charge in [0.15, 0.2) is 0 Å². The van der Waals surface area contributed by atoms with Crippen molar-refractivity contribution in [2.24, 2.45) is 5.73 Å². The van der Waals surface area contributed by atoms with Gasteiger partial charge in [0.2, 0.25) is 5.91 Å². The predicted octanol–water partition coefficient (Wildman–Crippen LogP) is 3.03. The van der Waals surface area contributed by atoms with Crippen LogP contribution in [0, 0.1) is 6.92 Å². The van der Waals surface area contributed by atoms with E-state index in [9.17, 15) is 4.79 Å². The molecule has 114 valence electrons. The van der Waals surface area contributed by atoms with Crippen LogP contribution in [-0.2, 0) is 13.0 Å². The first-order valence-electron chi connectivity index (χ1n) is 7.52. The number of benzene rings is 2. The highest BCUT2D eigenvalue weighted by atomic mass is 16.5. The number of rotatable bonds is 4. The van der Waals surface area contributed by atoms with Crippen molar-refractivity contribution in [1.82, 2.24) is 0 Å². The number of aryl methyl sites for hydroxylation is 1. The van der Waals surface area contributed by atoms with Gasteiger partial charge in [0, 0.05) is 17.8 Å². The summed E-state index contributed by atoms with van der Waals surface area (Å²) in [5, 5.41) is 3.46. The zero-order valence-corrected chi connectivity index (χ0v) is 12.7. The largest absolute Gasteiger partial charge is 0.489 e. The predicted molar refractivity (Wildman–Crippen MR) is 87.3 cm³/mol. The topological polar surface area (TPSA) is 64.3 Å². The number of carbonyl (C=O) groups is 1. The van der Waals surface area contributed by atoms with Crippen molar-refractivity contribution in [3.63, 3.8) is 0 Å². The molecular weight excluding hydrogens is 276 g/mol. The second kappa shape index (κ2) is 6.10. The molecule has 4 nitrogen and oxygen atoms in total. The van der Waals surface area contributed by atoms with Gasteiger partial charge in [-0.25, -0.2) is 0 Å². The first kappa shape index (κ1) is 14.4. The number of hydrogen-bond acceptors (Lipinski definition) is 3. The van der Waals surface area contributed by atoms with Crippen LogP contribution in [0.15, 0.2) is 36.4 Å². The van der Waals surface area contributed by atoms with Crippen LogP contribution >= 0.6 is 0 Å². The average molecular weight is 296 g/mol. The molecule has 2 aromatic carbocycles. The number of fused-ring (bicyclic) bond motifs is 1. The molecule has 0 bridgehead atoms. The Morgan fingerprint density at radius 1 is 1.27 bits per heavy atom. The van der Waals surface area contributed by atoms with Crippen LogP contribution in [0.3, 0.4) is 0 Å². The Hall–Kier alpha value is -2.49. The van der Waals surface area contributed by atoms with Crippen LogP contribution in [0.2, 0.25) is 0 Å². The summed E-state index contributed by atoms with van der Waals surface area (Å²) in [6.45, 7) is 3.69. The summed E-state index contributed by atoms with van der Waals surface area (Å²) in [5.74, 6) is 0.302. The number of anilines is 1. The molecule has 1 aliphatic heterocycles. The van der Waals surface area contributed by atoms with Gasteiger partial charge in [-0.2, -0.15) is 0 Å². The standard InChI is InChI=1S/C18H20N2O2/c1-12-9-13(10-17-16(12)3-2-8-20-17)11-22-15-6-4-14(5-7-15)18(19)21/h4-7,9-10,20H,2-3,8,11H2,1H3,(H2,19,21). The normalized spacial score (nSPS) is 13.1. The zero-order chi connectivity index (χ0) is 15.5. The maximum absolute atomic E-state index is 11.0. The van der Waals surface area contributed by atoms with E-state index in [0.29, 0.717) is 12.2 Å². The van der Waals surface area contributed by atoms with Gasteiger partial charge in [-0.1, -0.05) is 6.07 Å². The van der Waals surface area contributed by atoms with E-state index in [0.717, 1.165) is 24.3 Å². The molecule has 22 heavy (non-hydrogen) atoms. The van der Waals surface area contributed by atoms with Crippen molar-refractivity contribution in [2.45, 2.75) is 26.4 Å². The number of primary amides is 1. The second-order valence-electron chi connectivity index (χ2n) is 5.65. The molecule has 0 aliphatic carbocycles. The van der Waals surface area contributed by atoms with Gasteiger partial charge in [0.25, 0.3) is 0 Å². The zero-order valence-electron chi connectivity index (χ0n) is 12.7. The fraction of sp³-hybridized carbons (Fsp3) is 0.278. The van der Waals surface area contributed by atoms with E-state index < -0.39 is 5.91 Å². The molecule has 3 rings (SSSR count). The second-order valence-corrected chi connectivity index (χ2v) is 5.65. The van der Waals surface area contributed by atoms with E-state index in [1.54, 1.807) is 24.3 Å². The van der Waals surface area contributed by atoms with E-state index in [4.69, 9.17) is 10.5 Å². The van der Waals surface area contributed by atoms with Gasteiger partial charge in [-0.3, -0.25) is 4.79 Å². The maximum atomic E-state index is 11.0. The van der Waals surface area contributed by atoms with Crippen molar-refractivity contribution in [3.8, 4) is 5.75 Å². The molecule has 1 aliphatic rings. The fourth-order valence-electron chi connectivity index (χ4n) is 2.84. The Kier molecular flexibility index (Phi) is 4.00. The lowest BCUT2D eigenvalue weighted by Gasteiger charge is -2.21. The van der Waals surface area contributed by atoms with Crippen LogP contribution in [0.4, 0.5) is 5.69 Å². The molecule has 0 unspecified atom stereocenters. The molecule has 0 saturated heterocycles. The van der Waals surface area contributed by atoms with Crippen molar-refractivity contribution in [1.29, 1.82) is 0 Å². The highest BCUT2D eigenvalue weighted by molar-refractivity contribution is 5.92. The van der Waals surface area contributed by atoms with E-state index >= 15 is 0 Å². The van der Waals surface area contributed by atoms with Crippen molar-refractivity contribution in [2.75, 3.05) is 11.9 Å². The lowest BCUT2D eigenvalue weighted by molar-refractivity contribution is 0.100. The van der Waals surface area contributed by atoms with Gasteiger partial charge in [0.1, 0.15) is 12.4 Å². The lowest BCUT2D eigenvalue weighted by atomic mass is 9.96. The fourth-order valence-corrected chi connectivity index (χ4v) is 2.84. The highest BCUT2D eigenvalue weighted by Gasteiger charge is 2.12. The number of amides is 1. The van der Waals surface area contributed by atoms with Crippen LogP contribution < -0.4 is 15.8 Å². The summed E-state index contributed by atoms with van der Waals surface area (Å²) in [7, 11) is 0. The monoisotopic (exact) mass is 296 g/mol. The third-order valence-corrected chi connectivity index (χ3v) is 4.00. The first-order chi connectivity index (χ1) is 10.6. The Morgan fingerprint density at radius 2 is 2.05 bits per heavy atom. The SMILES string of the molecule is Cc1cc(COc2ccc(C(N)=O)cc2)cc2c1CCCN2. The summed E-state index contributed by atoms with van der Waals surface area (Å²) in [4.78, 5) is 11.0. The molecule has 4 heteroatoms. The van der Waals surface area contributed by atoms with Crippen LogP contribution in [0.5, 0.6) is 5.75 Å². The van der Waals surface area contributed by atoms with Gasteiger partial charge in [0.05, 0.1) is 0 Å². The molecule has 0 spiro atoms. The first-order valence-corrected chi connectivity index (χ1v) is 7.52. The van der Waals surface area contributed by atoms with E-state index in [1.807, 2.05) is 0 Å². The third-order valence-electron chi connectivity index (χ3n) is 4.00. The maximum Gasteiger partial charge on any atom is 0.248 e. The third kappa shape index (κ3) is 3.06. The Morgan fingerprint density at radius 3 is 2.77 bits per heavy atom. The Labute approximate surface area is 130 Å². The minimum Gasteiger partial charge on any atom is -0.489 e. The minimum atomic E-state index is -0.428. The highest BCUT2D eigenvalue weighted by Crippen LogP contribution is 2.27. The molecule has 1 amide bonds. The van der Waals surface area contributed by atoms with Crippen molar-refractivity contribution in [3.05, 3.63) is 58.7 Å².